The van der Waals surface area contributed by atoms with E-state index in [1.165, 1.54) is 0 Å². The van der Waals surface area contributed by atoms with Crippen molar-refractivity contribution in [2.24, 2.45) is 0 Å². The average molecular weight is 351 g/mol. The standard InChI is InChI=1S/C6H10NO2.C6H8NO2.Co.2H2O/c2*8-6(9)5-3-1-2-4-7-5;;;/h5H,1-4H2,(H,8,9);1,3,5H,2,4H2,(H,8,9);;2*1H2/q2*-1;+2;;/p+2. The molecule has 2 aliphatic heterocycles. The molecule has 2 unspecified atom stereocenters. The fourth-order valence-electron chi connectivity index (χ4n) is 1.72. The van der Waals surface area contributed by atoms with Gasteiger partial charge in [0.15, 0.2) is 0 Å². The molecule has 125 valence electrons. The molecule has 1 saturated heterocycles. The van der Waals surface area contributed by atoms with E-state index in [1.54, 1.807) is 6.08 Å². The van der Waals surface area contributed by atoms with Crippen molar-refractivity contribution in [1.29, 1.82) is 0 Å². The summed E-state index contributed by atoms with van der Waals surface area (Å²) in [6.07, 6.45) is 7.15. The molecule has 21 heavy (non-hydrogen) atoms. The molecule has 8 nitrogen and oxygen atoms in total. The Hall–Kier alpha value is -0.974. The van der Waals surface area contributed by atoms with Gasteiger partial charge in [-0.2, -0.15) is 0 Å². The molecule has 0 aromatic heterocycles. The molecule has 0 aromatic carbocycles. The average Bonchev–Trinajstić information content (AvgIpc) is 2.41. The summed E-state index contributed by atoms with van der Waals surface area (Å²) in [5, 5.41) is 24.6. The first-order valence-electron chi connectivity index (χ1n) is 6.06. The van der Waals surface area contributed by atoms with Crippen LogP contribution in [0.4, 0.5) is 0 Å². The van der Waals surface area contributed by atoms with Crippen LogP contribution in [0.3, 0.4) is 0 Å². The molecular weight excluding hydrogens is 327 g/mol. The number of nitrogens with zero attached hydrogens (tertiary/aromatic N) is 2. The van der Waals surface area contributed by atoms with Crippen molar-refractivity contribution in [1.82, 2.24) is 0 Å². The van der Waals surface area contributed by atoms with E-state index in [4.69, 9.17) is 10.2 Å². The Balaban J connectivity index is -0.000000270. The van der Waals surface area contributed by atoms with E-state index >= 15 is 0 Å². The molecule has 1 radical (unpaired) electrons. The summed E-state index contributed by atoms with van der Waals surface area (Å²) in [5.41, 5.74) is 0. The van der Waals surface area contributed by atoms with Crippen LogP contribution in [0, 0.1) is 0 Å². The van der Waals surface area contributed by atoms with Crippen LogP contribution in [0.5, 0.6) is 0 Å². The van der Waals surface area contributed by atoms with Crippen LogP contribution in [0.2, 0.25) is 0 Å². The molecule has 0 spiro atoms. The number of piperidine rings is 1. The molecule has 0 aromatic rings. The van der Waals surface area contributed by atoms with Crippen LogP contribution in [0.25, 0.3) is 10.6 Å². The fourth-order valence-corrected chi connectivity index (χ4v) is 1.72. The van der Waals surface area contributed by atoms with Crippen molar-refractivity contribution >= 4 is 11.9 Å². The van der Waals surface area contributed by atoms with Gasteiger partial charge < -0.3 is 31.8 Å². The van der Waals surface area contributed by atoms with E-state index in [0.717, 1.165) is 32.2 Å². The summed E-state index contributed by atoms with van der Waals surface area (Å²) in [7, 11) is 0. The number of carboxylic acid groups (broad SMARTS) is 2. The second-order valence-corrected chi connectivity index (χ2v) is 4.16. The third-order valence-corrected chi connectivity index (χ3v) is 2.71. The fraction of sp³-hybridized carbons (Fsp3) is 0.667. The maximum absolute atomic E-state index is 10.3. The predicted octanol–water partition coefficient (Wildman–Crippen LogP) is -0.0759. The predicted molar refractivity (Wildman–Crippen MR) is 76.7 cm³/mol. The molecule has 0 bridgehead atoms. The van der Waals surface area contributed by atoms with Crippen LogP contribution < -0.4 is 0 Å². The molecule has 2 rings (SSSR count). The quantitative estimate of drug-likeness (QED) is 0.524. The van der Waals surface area contributed by atoms with Crippen molar-refractivity contribution < 1.29 is 47.5 Å². The van der Waals surface area contributed by atoms with Gasteiger partial charge in [-0.3, -0.25) is 9.59 Å². The maximum atomic E-state index is 10.3. The van der Waals surface area contributed by atoms with Gasteiger partial charge >= 0.3 is 16.8 Å². The Kier molecular flexibility index (Phi) is 16.7. The Labute approximate surface area is 133 Å². The molecule has 9 heteroatoms. The number of hydrogen-bond donors (Lipinski definition) is 2. The second kappa shape index (κ2) is 14.0. The summed E-state index contributed by atoms with van der Waals surface area (Å²) in [6.45, 7) is 1.38. The first-order chi connectivity index (χ1) is 8.61. The Morgan fingerprint density at radius 1 is 1.00 bits per heavy atom. The zero-order chi connectivity index (χ0) is 13.4. The number of hydrogen-bond acceptors (Lipinski definition) is 2. The minimum absolute atomic E-state index is 0. The molecule has 2 heterocycles. The smallest absolute Gasteiger partial charge is 0.650 e. The summed E-state index contributed by atoms with van der Waals surface area (Å²) < 4.78 is 0. The van der Waals surface area contributed by atoms with Crippen molar-refractivity contribution in [2.45, 2.75) is 37.8 Å². The maximum Gasteiger partial charge on any atom is 2.00 e. The van der Waals surface area contributed by atoms with Crippen molar-refractivity contribution in [3.63, 3.8) is 0 Å². The third-order valence-electron chi connectivity index (χ3n) is 2.71. The molecule has 0 saturated carbocycles. The monoisotopic (exact) mass is 351 g/mol. The van der Waals surface area contributed by atoms with Crippen LogP contribution >= 0.6 is 0 Å². The van der Waals surface area contributed by atoms with E-state index < -0.39 is 24.0 Å². The molecule has 0 aliphatic carbocycles. The Bertz CT molecular complexity index is 321. The van der Waals surface area contributed by atoms with Gasteiger partial charge in [0.05, 0.1) is 0 Å². The van der Waals surface area contributed by atoms with Crippen LogP contribution in [0.1, 0.15) is 25.7 Å². The van der Waals surface area contributed by atoms with E-state index in [1.807, 2.05) is 6.08 Å². The third kappa shape index (κ3) is 10.4. The number of aliphatic carboxylic acids is 2. The van der Waals surface area contributed by atoms with Gasteiger partial charge in [-0.15, -0.1) is 13.1 Å². The van der Waals surface area contributed by atoms with E-state index in [0.29, 0.717) is 6.54 Å². The van der Waals surface area contributed by atoms with Crippen molar-refractivity contribution in [3.8, 4) is 0 Å². The number of rotatable bonds is 2. The van der Waals surface area contributed by atoms with Gasteiger partial charge in [-0.25, -0.2) is 0 Å². The zero-order valence-electron chi connectivity index (χ0n) is 11.6. The number of carbonyl (C=O) groups is 2. The second-order valence-electron chi connectivity index (χ2n) is 4.16. The van der Waals surface area contributed by atoms with E-state index in [2.05, 4.69) is 10.6 Å². The molecule has 2 atom stereocenters. The van der Waals surface area contributed by atoms with E-state index in [-0.39, 0.29) is 27.7 Å². The summed E-state index contributed by atoms with van der Waals surface area (Å²) >= 11 is 0. The minimum atomic E-state index is -0.856. The van der Waals surface area contributed by atoms with Gasteiger partial charge in [-0.05, 0) is 12.1 Å². The van der Waals surface area contributed by atoms with Gasteiger partial charge in [0.2, 0.25) is 0 Å². The van der Waals surface area contributed by atoms with E-state index in [9.17, 15) is 9.59 Å². The summed E-state index contributed by atoms with van der Waals surface area (Å²) in [6, 6.07) is -0.988. The summed E-state index contributed by atoms with van der Waals surface area (Å²) in [4.78, 5) is 20.5. The molecule has 2 aliphatic rings. The topological polar surface area (TPSA) is 169 Å². The van der Waals surface area contributed by atoms with Gasteiger partial charge in [0.25, 0.3) is 11.9 Å². The van der Waals surface area contributed by atoms with Crippen LogP contribution in [-0.2, 0) is 37.3 Å². The minimum Gasteiger partial charge on any atom is -0.650 e. The molecule has 8 N–H and O–H groups in total. The molecule has 1 fully saturated rings. The largest absolute Gasteiger partial charge is 2.00 e. The van der Waals surface area contributed by atoms with Crippen LogP contribution in [0.15, 0.2) is 12.2 Å². The van der Waals surface area contributed by atoms with Gasteiger partial charge in [0.1, 0.15) is 0 Å². The zero-order valence-corrected chi connectivity index (χ0v) is 12.7. The van der Waals surface area contributed by atoms with Crippen LogP contribution in [-0.4, -0.2) is 47.3 Å². The Morgan fingerprint density at radius 3 is 1.95 bits per heavy atom. The first-order valence-corrected chi connectivity index (χ1v) is 6.06. The van der Waals surface area contributed by atoms with Crippen molar-refractivity contribution in [2.75, 3.05) is 13.1 Å². The van der Waals surface area contributed by atoms with Crippen molar-refractivity contribution in [3.05, 3.63) is 22.8 Å². The van der Waals surface area contributed by atoms with Gasteiger partial charge in [0, 0.05) is 0 Å². The van der Waals surface area contributed by atoms with Gasteiger partial charge in [-0.1, -0.05) is 37.8 Å². The number of carboxylic acids is 2. The molecular formula is C12H24CoN2O6+2. The first kappa shape index (κ1) is 25.0. The Morgan fingerprint density at radius 2 is 1.67 bits per heavy atom. The normalized spacial score (nSPS) is 23.0. The summed E-state index contributed by atoms with van der Waals surface area (Å²) in [5.74, 6) is -1.62. The molecule has 0 amide bonds. The SMILES string of the molecule is O=C(O)C1C=CCC[N-]1.O=C(O)C1CCCC[N-]1.[Co+2].[OH3+].[OH3+].